The normalized spacial score (nSPS) is 7.20. The minimum absolute atomic E-state index is 0. The van der Waals surface area contributed by atoms with Gasteiger partial charge < -0.3 is 4.42 Å². The summed E-state index contributed by atoms with van der Waals surface area (Å²) in [5, 5.41) is 0. The van der Waals surface area contributed by atoms with Crippen LogP contribution in [0.5, 0.6) is 0 Å². The molecule has 0 aliphatic rings. The van der Waals surface area contributed by atoms with Gasteiger partial charge in [-0.25, -0.2) is 4.98 Å². The molecule has 0 aliphatic carbocycles. The lowest BCUT2D eigenvalue weighted by molar-refractivity contribution is 0.494. The first kappa shape index (κ1) is 11.9. The molecule has 0 N–H and O–H groups in total. The molecular weight excluding hydrogens is 126 g/mol. The van der Waals surface area contributed by atoms with E-state index in [1.807, 2.05) is 27.7 Å². The van der Waals surface area contributed by atoms with Crippen LogP contribution in [0.2, 0.25) is 0 Å². The zero-order chi connectivity index (χ0) is 7.28. The van der Waals surface area contributed by atoms with E-state index in [1.165, 1.54) is 0 Å². The van der Waals surface area contributed by atoms with Gasteiger partial charge in [-0.15, -0.1) is 0 Å². The molecule has 0 bridgehead atoms. The van der Waals surface area contributed by atoms with E-state index in [0.717, 1.165) is 11.7 Å². The number of oxazole rings is 1. The van der Waals surface area contributed by atoms with Crippen LogP contribution in [0, 0.1) is 13.8 Å². The van der Waals surface area contributed by atoms with Gasteiger partial charge in [0, 0.05) is 6.92 Å². The van der Waals surface area contributed by atoms with Gasteiger partial charge in [0.1, 0.15) is 5.76 Å². The first-order valence-corrected chi connectivity index (χ1v) is 3.18. The van der Waals surface area contributed by atoms with Crippen LogP contribution < -0.4 is 0 Å². The van der Waals surface area contributed by atoms with E-state index in [9.17, 15) is 0 Å². The van der Waals surface area contributed by atoms with Crippen molar-refractivity contribution in [3.05, 3.63) is 17.8 Å². The molecule has 1 heterocycles. The minimum atomic E-state index is 0. The Morgan fingerprint density at radius 2 is 1.80 bits per heavy atom. The lowest BCUT2D eigenvalue weighted by atomic mass is 10.6. The molecule has 2 nitrogen and oxygen atoms in total. The highest BCUT2D eigenvalue weighted by Gasteiger charge is 1.87. The van der Waals surface area contributed by atoms with E-state index in [4.69, 9.17) is 4.42 Å². The standard InChI is InChI=1S/C5H7NO.C2H6.CH4/c1-4-3-6-5(2)7-4;1-2;/h3H,1-2H3;1-2H3;1H4. The molecule has 0 radical (unpaired) electrons. The molecule has 60 valence electrons. The van der Waals surface area contributed by atoms with Crippen LogP contribution in [-0.4, -0.2) is 4.98 Å². The van der Waals surface area contributed by atoms with Crippen LogP contribution in [0.15, 0.2) is 10.6 Å². The van der Waals surface area contributed by atoms with Gasteiger partial charge in [-0.05, 0) is 6.92 Å². The molecule has 0 saturated heterocycles. The van der Waals surface area contributed by atoms with Crippen molar-refractivity contribution >= 4 is 0 Å². The van der Waals surface area contributed by atoms with Crippen molar-refractivity contribution in [2.75, 3.05) is 0 Å². The zero-order valence-electron chi connectivity index (χ0n) is 6.43. The highest BCUT2D eigenvalue weighted by atomic mass is 16.3. The Kier molecular flexibility index (Phi) is 7.56. The molecule has 0 fully saturated rings. The van der Waals surface area contributed by atoms with Crippen LogP contribution in [-0.2, 0) is 0 Å². The van der Waals surface area contributed by atoms with E-state index in [0.29, 0.717) is 0 Å². The number of hydrogen-bond acceptors (Lipinski definition) is 2. The van der Waals surface area contributed by atoms with Crippen LogP contribution in [0.1, 0.15) is 32.9 Å². The quantitative estimate of drug-likeness (QED) is 0.558. The monoisotopic (exact) mass is 143 g/mol. The number of hydrogen-bond donors (Lipinski definition) is 0. The van der Waals surface area contributed by atoms with E-state index in [1.54, 1.807) is 6.20 Å². The maximum absolute atomic E-state index is 4.97. The van der Waals surface area contributed by atoms with Crippen LogP contribution in [0.4, 0.5) is 0 Å². The molecule has 1 aromatic rings. The molecule has 1 aromatic heterocycles. The summed E-state index contributed by atoms with van der Waals surface area (Å²) in [6, 6.07) is 0. The SMILES string of the molecule is C.CC.Cc1cnc(C)o1. The highest BCUT2D eigenvalue weighted by Crippen LogP contribution is 1.96. The first-order chi connectivity index (χ1) is 4.29. The average molecular weight is 143 g/mol. The Bertz CT molecular complexity index is 142. The Labute approximate surface area is 63.3 Å². The fourth-order valence-electron chi connectivity index (χ4n) is 0.467. The van der Waals surface area contributed by atoms with Crippen molar-refractivity contribution in [2.24, 2.45) is 0 Å². The molecule has 0 spiro atoms. The molecule has 0 amide bonds. The molecule has 1 rings (SSSR count). The minimum Gasteiger partial charge on any atom is -0.446 e. The summed E-state index contributed by atoms with van der Waals surface area (Å²) in [6.45, 7) is 7.70. The van der Waals surface area contributed by atoms with Crippen LogP contribution in [0.3, 0.4) is 0 Å². The first-order valence-electron chi connectivity index (χ1n) is 3.18. The highest BCUT2D eigenvalue weighted by molar-refractivity contribution is 4.87. The summed E-state index contributed by atoms with van der Waals surface area (Å²) >= 11 is 0. The van der Waals surface area contributed by atoms with Crippen LogP contribution >= 0.6 is 0 Å². The lowest BCUT2D eigenvalue weighted by Crippen LogP contribution is -1.59. The van der Waals surface area contributed by atoms with Gasteiger partial charge >= 0.3 is 0 Å². The van der Waals surface area contributed by atoms with Crippen molar-refractivity contribution in [1.29, 1.82) is 0 Å². The fourth-order valence-corrected chi connectivity index (χ4v) is 0.467. The van der Waals surface area contributed by atoms with Crippen molar-refractivity contribution < 1.29 is 4.42 Å². The maximum atomic E-state index is 4.97. The second-order valence-electron chi connectivity index (χ2n) is 1.49. The third kappa shape index (κ3) is 4.13. The molecule has 0 aromatic carbocycles. The summed E-state index contributed by atoms with van der Waals surface area (Å²) in [4.78, 5) is 3.85. The number of aromatic nitrogens is 1. The summed E-state index contributed by atoms with van der Waals surface area (Å²) in [6.07, 6.45) is 1.70. The third-order valence-corrected chi connectivity index (χ3v) is 0.737. The molecule has 0 atom stereocenters. The Hall–Kier alpha value is -0.790. The molecular formula is C8H17NO. The topological polar surface area (TPSA) is 26.0 Å². The Balaban J connectivity index is 0. The van der Waals surface area contributed by atoms with Crippen molar-refractivity contribution in [3.8, 4) is 0 Å². The Morgan fingerprint density at radius 3 is 1.90 bits per heavy atom. The summed E-state index contributed by atoms with van der Waals surface area (Å²) in [7, 11) is 0. The predicted octanol–water partition coefficient (Wildman–Crippen LogP) is 2.95. The lowest BCUT2D eigenvalue weighted by Gasteiger charge is -1.73. The van der Waals surface area contributed by atoms with Crippen molar-refractivity contribution in [1.82, 2.24) is 4.98 Å². The average Bonchev–Trinajstić information content (AvgIpc) is 2.20. The number of aryl methyl sites for hydroxylation is 2. The second kappa shape index (κ2) is 6.33. The van der Waals surface area contributed by atoms with Gasteiger partial charge in [0.15, 0.2) is 5.89 Å². The smallest absolute Gasteiger partial charge is 0.191 e. The summed E-state index contributed by atoms with van der Waals surface area (Å²) in [5.74, 6) is 1.61. The van der Waals surface area contributed by atoms with Crippen molar-refractivity contribution in [2.45, 2.75) is 35.1 Å². The fraction of sp³-hybridized carbons (Fsp3) is 0.625. The largest absolute Gasteiger partial charge is 0.446 e. The van der Waals surface area contributed by atoms with Gasteiger partial charge in [-0.1, -0.05) is 21.3 Å². The van der Waals surface area contributed by atoms with E-state index < -0.39 is 0 Å². The number of rotatable bonds is 0. The predicted molar refractivity (Wildman–Crippen MR) is 44.1 cm³/mol. The van der Waals surface area contributed by atoms with Gasteiger partial charge in [0.25, 0.3) is 0 Å². The molecule has 0 unspecified atom stereocenters. The summed E-state index contributed by atoms with van der Waals surface area (Å²) in [5.41, 5.74) is 0. The maximum Gasteiger partial charge on any atom is 0.191 e. The van der Waals surface area contributed by atoms with Gasteiger partial charge in [0.05, 0.1) is 6.20 Å². The van der Waals surface area contributed by atoms with Crippen molar-refractivity contribution in [3.63, 3.8) is 0 Å². The van der Waals surface area contributed by atoms with E-state index >= 15 is 0 Å². The zero-order valence-corrected chi connectivity index (χ0v) is 6.43. The number of nitrogens with zero attached hydrogens (tertiary/aromatic N) is 1. The molecule has 0 aliphatic heterocycles. The molecule has 10 heavy (non-hydrogen) atoms. The Morgan fingerprint density at radius 1 is 1.30 bits per heavy atom. The molecule has 0 saturated carbocycles. The van der Waals surface area contributed by atoms with Gasteiger partial charge in [0.2, 0.25) is 0 Å². The van der Waals surface area contributed by atoms with Gasteiger partial charge in [-0.3, -0.25) is 0 Å². The molecule has 2 heteroatoms. The van der Waals surface area contributed by atoms with Gasteiger partial charge in [-0.2, -0.15) is 0 Å². The van der Waals surface area contributed by atoms with Crippen LogP contribution in [0.25, 0.3) is 0 Å². The van der Waals surface area contributed by atoms with E-state index in [-0.39, 0.29) is 7.43 Å². The second-order valence-corrected chi connectivity index (χ2v) is 1.49. The van der Waals surface area contributed by atoms with E-state index in [2.05, 4.69) is 4.98 Å². The third-order valence-electron chi connectivity index (χ3n) is 0.737. The summed E-state index contributed by atoms with van der Waals surface area (Å²) < 4.78 is 4.97.